The lowest BCUT2D eigenvalue weighted by Crippen LogP contribution is -2.28. The molecule has 0 saturated carbocycles. The van der Waals surface area contributed by atoms with Gasteiger partial charge in [-0.2, -0.15) is 21.6 Å². The van der Waals surface area contributed by atoms with Crippen molar-refractivity contribution in [1.82, 2.24) is 4.98 Å². The SMILES string of the molecule is C[B]c1cncc2c(OS(=O)(=O)C(F)(F)F)c(C(=O)OCC)oc12. The molecule has 2 rings (SSSR count). The van der Waals surface area contributed by atoms with Gasteiger partial charge in [0, 0.05) is 12.4 Å². The van der Waals surface area contributed by atoms with Crippen LogP contribution in [-0.2, 0) is 14.9 Å². The van der Waals surface area contributed by atoms with E-state index in [1.807, 2.05) is 0 Å². The molecule has 0 saturated heterocycles. The minimum absolute atomic E-state index is 0.0528. The Morgan fingerprint density at radius 3 is 2.58 bits per heavy atom. The molecule has 0 amide bonds. The van der Waals surface area contributed by atoms with Gasteiger partial charge in [0.05, 0.1) is 12.0 Å². The molecule has 0 bridgehead atoms. The summed E-state index contributed by atoms with van der Waals surface area (Å²) in [5, 5.41) is -0.207. The maximum atomic E-state index is 12.6. The van der Waals surface area contributed by atoms with Crippen molar-refractivity contribution >= 4 is 39.8 Å². The smallest absolute Gasteiger partial charge is 0.460 e. The Morgan fingerprint density at radius 1 is 1.38 bits per heavy atom. The average Bonchev–Trinajstić information content (AvgIpc) is 2.84. The second-order valence-electron chi connectivity index (χ2n) is 4.36. The van der Waals surface area contributed by atoms with Crippen molar-refractivity contribution in [2.75, 3.05) is 6.61 Å². The first-order valence-electron chi connectivity index (χ1n) is 6.50. The standard InChI is InChI=1S/C12H10BF3NO6S/c1-3-21-11(18)10-9(23-24(19,20)12(14,15)16)6-4-17-5-7(13-2)8(6)22-10/h4-5H,3H2,1-2H3. The van der Waals surface area contributed by atoms with Gasteiger partial charge < -0.3 is 13.3 Å². The molecule has 0 aromatic carbocycles. The molecule has 0 spiro atoms. The van der Waals surface area contributed by atoms with E-state index in [9.17, 15) is 26.4 Å². The molecule has 0 atom stereocenters. The van der Waals surface area contributed by atoms with Gasteiger partial charge in [-0.05, 0) is 12.4 Å². The molecule has 2 heterocycles. The number of nitrogens with zero attached hydrogens (tertiary/aromatic N) is 1. The van der Waals surface area contributed by atoms with Gasteiger partial charge in [-0.1, -0.05) is 6.82 Å². The minimum atomic E-state index is -6.01. The van der Waals surface area contributed by atoms with E-state index >= 15 is 0 Å². The summed E-state index contributed by atoms with van der Waals surface area (Å²) in [7, 11) is -4.50. The first-order valence-corrected chi connectivity index (χ1v) is 7.91. The van der Waals surface area contributed by atoms with Crippen LogP contribution in [0.5, 0.6) is 5.75 Å². The van der Waals surface area contributed by atoms with Gasteiger partial charge in [0.15, 0.2) is 7.28 Å². The Kier molecular flexibility index (Phi) is 4.78. The van der Waals surface area contributed by atoms with E-state index in [-0.39, 0.29) is 17.6 Å². The molecule has 0 unspecified atom stereocenters. The van der Waals surface area contributed by atoms with E-state index in [2.05, 4.69) is 13.9 Å². The highest BCUT2D eigenvalue weighted by Gasteiger charge is 2.49. The van der Waals surface area contributed by atoms with Crippen molar-refractivity contribution in [3.05, 3.63) is 18.2 Å². The summed E-state index contributed by atoms with van der Waals surface area (Å²) < 4.78 is 74.2. The Hall–Kier alpha value is -2.24. The molecule has 1 radical (unpaired) electrons. The number of carbonyl (C=O) groups is 1. The van der Waals surface area contributed by atoms with Crippen LogP contribution in [0.25, 0.3) is 11.0 Å². The topological polar surface area (TPSA) is 95.7 Å². The Bertz CT molecular complexity index is 877. The van der Waals surface area contributed by atoms with Crippen molar-refractivity contribution in [3.63, 3.8) is 0 Å². The summed E-state index contributed by atoms with van der Waals surface area (Å²) in [6.07, 6.45) is 2.35. The van der Waals surface area contributed by atoms with Gasteiger partial charge in [-0.3, -0.25) is 4.98 Å². The van der Waals surface area contributed by atoms with Gasteiger partial charge in [0.25, 0.3) is 5.76 Å². The van der Waals surface area contributed by atoms with Gasteiger partial charge >= 0.3 is 21.6 Å². The van der Waals surface area contributed by atoms with Crippen LogP contribution in [0.3, 0.4) is 0 Å². The number of fused-ring (bicyclic) bond motifs is 1. The first kappa shape index (κ1) is 18.1. The fourth-order valence-electron chi connectivity index (χ4n) is 1.79. The van der Waals surface area contributed by atoms with Gasteiger partial charge in [-0.15, -0.1) is 0 Å². The average molecular weight is 364 g/mol. The lowest BCUT2D eigenvalue weighted by Gasteiger charge is -2.09. The van der Waals surface area contributed by atoms with E-state index in [4.69, 9.17) is 4.42 Å². The number of carbonyl (C=O) groups excluding carboxylic acids is 1. The Labute approximate surface area is 135 Å². The van der Waals surface area contributed by atoms with E-state index < -0.39 is 33.1 Å². The van der Waals surface area contributed by atoms with Crippen LogP contribution in [0.4, 0.5) is 13.2 Å². The predicted molar refractivity (Wildman–Crippen MR) is 76.8 cm³/mol. The molecule has 2 aromatic rings. The third-order valence-corrected chi connectivity index (χ3v) is 3.78. The fourth-order valence-corrected chi connectivity index (χ4v) is 2.27. The highest BCUT2D eigenvalue weighted by molar-refractivity contribution is 7.88. The van der Waals surface area contributed by atoms with E-state index in [1.165, 1.54) is 20.4 Å². The van der Waals surface area contributed by atoms with Crippen LogP contribution in [0.15, 0.2) is 16.8 Å². The van der Waals surface area contributed by atoms with Crippen LogP contribution < -0.4 is 9.65 Å². The van der Waals surface area contributed by atoms with Crippen molar-refractivity contribution in [2.45, 2.75) is 19.3 Å². The molecule has 0 N–H and O–H groups in total. The number of hydrogen-bond donors (Lipinski definition) is 0. The normalized spacial score (nSPS) is 12.2. The van der Waals surface area contributed by atoms with Crippen molar-refractivity contribution in [3.8, 4) is 5.75 Å². The van der Waals surface area contributed by atoms with E-state index in [0.717, 1.165) is 6.20 Å². The first-order chi connectivity index (χ1) is 11.1. The van der Waals surface area contributed by atoms with Gasteiger partial charge in [0.1, 0.15) is 5.58 Å². The summed E-state index contributed by atoms with van der Waals surface area (Å²) in [6.45, 7) is 2.95. The van der Waals surface area contributed by atoms with Crippen molar-refractivity contribution in [2.24, 2.45) is 0 Å². The molecule has 0 aliphatic carbocycles. The van der Waals surface area contributed by atoms with Crippen LogP contribution in [-0.4, -0.2) is 38.8 Å². The fraction of sp³-hybridized carbons (Fsp3) is 0.333. The lowest BCUT2D eigenvalue weighted by molar-refractivity contribution is -0.0500. The zero-order valence-electron chi connectivity index (χ0n) is 12.4. The summed E-state index contributed by atoms with van der Waals surface area (Å²) in [4.78, 5) is 15.6. The van der Waals surface area contributed by atoms with Crippen LogP contribution >= 0.6 is 0 Å². The Balaban J connectivity index is 2.70. The number of ether oxygens (including phenoxy) is 1. The zero-order chi connectivity index (χ0) is 18.1. The number of rotatable bonds is 5. The minimum Gasteiger partial charge on any atom is -0.460 e. The highest BCUT2D eigenvalue weighted by Crippen LogP contribution is 2.36. The summed E-state index contributed by atoms with van der Waals surface area (Å²) in [5.41, 5.74) is -5.40. The highest BCUT2D eigenvalue weighted by atomic mass is 32.2. The molecule has 0 aliphatic rings. The molecule has 129 valence electrons. The number of furan rings is 1. The summed E-state index contributed by atoms with van der Waals surface area (Å²) in [5.74, 6) is -2.88. The zero-order valence-corrected chi connectivity index (χ0v) is 13.2. The largest absolute Gasteiger partial charge is 0.534 e. The lowest BCUT2D eigenvalue weighted by atomic mass is 9.74. The molecular formula is C12H10BF3NO6S. The summed E-state index contributed by atoms with van der Waals surface area (Å²) in [6, 6.07) is 0. The molecular weight excluding hydrogens is 354 g/mol. The van der Waals surface area contributed by atoms with Crippen molar-refractivity contribution in [1.29, 1.82) is 0 Å². The number of halogens is 3. The second-order valence-corrected chi connectivity index (χ2v) is 5.90. The molecule has 0 fully saturated rings. The number of esters is 1. The number of alkyl halides is 3. The summed E-state index contributed by atoms with van der Waals surface area (Å²) >= 11 is 0. The Morgan fingerprint density at radius 2 is 2.04 bits per heavy atom. The van der Waals surface area contributed by atoms with Crippen LogP contribution in [0.1, 0.15) is 17.5 Å². The quantitative estimate of drug-likeness (QED) is 0.344. The monoisotopic (exact) mass is 364 g/mol. The van der Waals surface area contributed by atoms with Gasteiger partial charge in [0.2, 0.25) is 5.75 Å². The molecule has 24 heavy (non-hydrogen) atoms. The molecule has 2 aromatic heterocycles. The number of aromatic nitrogens is 1. The molecule has 7 nitrogen and oxygen atoms in total. The third-order valence-electron chi connectivity index (χ3n) is 2.83. The van der Waals surface area contributed by atoms with Crippen LogP contribution in [0, 0.1) is 0 Å². The van der Waals surface area contributed by atoms with E-state index in [1.54, 1.807) is 6.82 Å². The molecule has 0 aliphatic heterocycles. The van der Waals surface area contributed by atoms with Crippen LogP contribution in [0.2, 0.25) is 6.82 Å². The maximum absolute atomic E-state index is 12.6. The van der Waals surface area contributed by atoms with E-state index in [0.29, 0.717) is 5.46 Å². The van der Waals surface area contributed by atoms with Crippen molar-refractivity contribution < 1.29 is 39.7 Å². The third kappa shape index (κ3) is 3.18. The second kappa shape index (κ2) is 6.34. The number of pyridine rings is 1. The number of hydrogen-bond acceptors (Lipinski definition) is 7. The maximum Gasteiger partial charge on any atom is 0.534 e. The predicted octanol–water partition coefficient (Wildman–Crippen LogP) is 1.61. The van der Waals surface area contributed by atoms with Gasteiger partial charge in [-0.25, -0.2) is 4.79 Å². The molecule has 12 heteroatoms.